The van der Waals surface area contributed by atoms with Crippen LogP contribution in [-0.2, 0) is 0 Å². The maximum atomic E-state index is 12.3. The summed E-state index contributed by atoms with van der Waals surface area (Å²) in [6.07, 6.45) is -2.95. The van der Waals surface area contributed by atoms with Crippen molar-refractivity contribution in [2.24, 2.45) is 0 Å². The van der Waals surface area contributed by atoms with E-state index in [0.717, 1.165) is 0 Å². The second-order valence-corrected chi connectivity index (χ2v) is 3.16. The molecule has 0 bridgehead atoms. The Labute approximate surface area is 81.6 Å². The van der Waals surface area contributed by atoms with Crippen LogP contribution < -0.4 is 5.32 Å². The van der Waals surface area contributed by atoms with Gasteiger partial charge in [-0.25, -0.2) is 8.78 Å². The van der Waals surface area contributed by atoms with Crippen molar-refractivity contribution in [3.05, 3.63) is 29.8 Å². The van der Waals surface area contributed by atoms with E-state index in [-0.39, 0.29) is 5.56 Å². The van der Waals surface area contributed by atoms with Gasteiger partial charge in [0.2, 0.25) is 0 Å². The highest BCUT2D eigenvalue weighted by molar-refractivity contribution is 5.46. The summed E-state index contributed by atoms with van der Waals surface area (Å²) >= 11 is 0. The van der Waals surface area contributed by atoms with Gasteiger partial charge in [-0.15, -0.1) is 0 Å². The molecule has 0 aliphatic carbocycles. The number of halogens is 2. The Morgan fingerprint density at radius 1 is 1.43 bits per heavy atom. The molecule has 1 aromatic carbocycles. The Morgan fingerprint density at radius 3 is 2.71 bits per heavy atom. The van der Waals surface area contributed by atoms with E-state index in [0.29, 0.717) is 12.2 Å². The molecule has 1 aromatic rings. The minimum absolute atomic E-state index is 0.0133. The van der Waals surface area contributed by atoms with Gasteiger partial charge in [-0.2, -0.15) is 0 Å². The summed E-state index contributed by atoms with van der Waals surface area (Å²) < 4.78 is 24.5. The summed E-state index contributed by atoms with van der Waals surface area (Å²) in [5, 5.41) is 11.8. The van der Waals surface area contributed by atoms with E-state index < -0.39 is 12.5 Å². The fraction of sp³-hybridized carbons (Fsp3) is 0.400. The lowest BCUT2D eigenvalue weighted by atomic mass is 10.2. The average molecular weight is 201 g/mol. The SMILES string of the molecule is C[C@@H](O)CNc1cccc(C(F)F)c1. The fourth-order valence-electron chi connectivity index (χ4n) is 1.05. The third kappa shape index (κ3) is 3.30. The number of aliphatic hydroxyl groups excluding tert-OH is 1. The highest BCUT2D eigenvalue weighted by Crippen LogP contribution is 2.21. The molecule has 0 radical (unpaired) electrons. The van der Waals surface area contributed by atoms with Crippen molar-refractivity contribution in [2.45, 2.75) is 19.5 Å². The van der Waals surface area contributed by atoms with Crippen molar-refractivity contribution in [1.29, 1.82) is 0 Å². The Kier molecular flexibility index (Phi) is 3.83. The Morgan fingerprint density at radius 2 is 2.14 bits per heavy atom. The normalized spacial score (nSPS) is 12.9. The molecular formula is C10H13F2NO. The van der Waals surface area contributed by atoms with Crippen molar-refractivity contribution in [3.8, 4) is 0 Å². The predicted octanol–water partition coefficient (Wildman–Crippen LogP) is 2.42. The highest BCUT2D eigenvalue weighted by atomic mass is 19.3. The summed E-state index contributed by atoms with van der Waals surface area (Å²) in [6.45, 7) is 1.98. The van der Waals surface area contributed by atoms with Gasteiger partial charge in [-0.3, -0.25) is 0 Å². The van der Waals surface area contributed by atoms with Crippen LogP contribution in [0.15, 0.2) is 24.3 Å². The summed E-state index contributed by atoms with van der Waals surface area (Å²) in [6, 6.07) is 6.01. The van der Waals surface area contributed by atoms with Crippen LogP contribution in [0.3, 0.4) is 0 Å². The lowest BCUT2D eigenvalue weighted by Crippen LogP contribution is -2.15. The lowest BCUT2D eigenvalue weighted by molar-refractivity contribution is 0.151. The summed E-state index contributed by atoms with van der Waals surface area (Å²) in [7, 11) is 0. The van der Waals surface area contributed by atoms with E-state index in [9.17, 15) is 8.78 Å². The van der Waals surface area contributed by atoms with Crippen LogP contribution in [0, 0.1) is 0 Å². The quantitative estimate of drug-likeness (QED) is 0.784. The number of nitrogens with one attached hydrogen (secondary N) is 1. The first-order valence-corrected chi connectivity index (χ1v) is 4.39. The predicted molar refractivity (Wildman–Crippen MR) is 51.6 cm³/mol. The first-order valence-electron chi connectivity index (χ1n) is 4.39. The molecule has 0 fully saturated rings. The molecule has 4 heteroatoms. The summed E-state index contributed by atoms with van der Waals surface area (Å²) in [5.41, 5.74) is 0.587. The smallest absolute Gasteiger partial charge is 0.263 e. The van der Waals surface area contributed by atoms with Crippen molar-refractivity contribution in [1.82, 2.24) is 0 Å². The second-order valence-electron chi connectivity index (χ2n) is 3.16. The molecule has 0 heterocycles. The van der Waals surface area contributed by atoms with Crippen LogP contribution in [0.5, 0.6) is 0 Å². The molecule has 2 nitrogen and oxygen atoms in total. The molecule has 1 atom stereocenters. The third-order valence-corrected chi connectivity index (χ3v) is 1.74. The maximum Gasteiger partial charge on any atom is 0.263 e. The lowest BCUT2D eigenvalue weighted by Gasteiger charge is -2.09. The number of alkyl halides is 2. The van der Waals surface area contributed by atoms with E-state index in [1.54, 1.807) is 19.1 Å². The first kappa shape index (κ1) is 10.9. The van der Waals surface area contributed by atoms with Gasteiger partial charge in [0.05, 0.1) is 6.10 Å². The highest BCUT2D eigenvalue weighted by Gasteiger charge is 2.06. The van der Waals surface area contributed by atoms with Crippen molar-refractivity contribution >= 4 is 5.69 Å². The Bertz CT molecular complexity index is 289. The van der Waals surface area contributed by atoms with Crippen molar-refractivity contribution < 1.29 is 13.9 Å². The molecule has 0 spiro atoms. The van der Waals surface area contributed by atoms with Gasteiger partial charge in [0.1, 0.15) is 0 Å². The molecule has 14 heavy (non-hydrogen) atoms. The number of hydrogen-bond donors (Lipinski definition) is 2. The first-order chi connectivity index (χ1) is 6.59. The number of hydrogen-bond acceptors (Lipinski definition) is 2. The van der Waals surface area contributed by atoms with Gasteiger partial charge < -0.3 is 10.4 Å². The second kappa shape index (κ2) is 4.91. The van der Waals surface area contributed by atoms with Gasteiger partial charge in [-0.05, 0) is 19.1 Å². The third-order valence-electron chi connectivity index (χ3n) is 1.74. The Hall–Kier alpha value is -1.16. The molecule has 0 saturated heterocycles. The number of anilines is 1. The standard InChI is InChI=1S/C10H13F2NO/c1-7(14)6-13-9-4-2-3-8(5-9)10(11)12/h2-5,7,10,13-14H,6H2,1H3/t7-/m1/s1. The molecule has 0 aliphatic heterocycles. The van der Waals surface area contributed by atoms with Crippen LogP contribution in [0.2, 0.25) is 0 Å². The molecule has 2 N–H and O–H groups in total. The van der Waals surface area contributed by atoms with Gasteiger partial charge in [-0.1, -0.05) is 12.1 Å². The van der Waals surface area contributed by atoms with E-state index in [2.05, 4.69) is 5.32 Å². The molecule has 0 saturated carbocycles. The topological polar surface area (TPSA) is 32.3 Å². The van der Waals surface area contributed by atoms with Crippen LogP contribution in [0.1, 0.15) is 18.9 Å². The van der Waals surface area contributed by atoms with E-state index in [1.807, 2.05) is 0 Å². The monoisotopic (exact) mass is 201 g/mol. The van der Waals surface area contributed by atoms with Crippen molar-refractivity contribution in [3.63, 3.8) is 0 Å². The molecule has 0 unspecified atom stereocenters. The van der Waals surface area contributed by atoms with Gasteiger partial charge in [0.15, 0.2) is 0 Å². The summed E-state index contributed by atoms with van der Waals surface area (Å²) in [5.74, 6) is 0. The number of aliphatic hydroxyl groups is 1. The minimum atomic E-state index is -2.46. The van der Waals surface area contributed by atoms with Crippen LogP contribution in [0.4, 0.5) is 14.5 Å². The van der Waals surface area contributed by atoms with Crippen LogP contribution in [0.25, 0.3) is 0 Å². The number of rotatable bonds is 4. The largest absolute Gasteiger partial charge is 0.392 e. The summed E-state index contributed by atoms with van der Waals surface area (Å²) in [4.78, 5) is 0. The van der Waals surface area contributed by atoms with E-state index in [4.69, 9.17) is 5.11 Å². The fourth-order valence-corrected chi connectivity index (χ4v) is 1.05. The van der Waals surface area contributed by atoms with E-state index >= 15 is 0 Å². The molecule has 1 rings (SSSR count). The van der Waals surface area contributed by atoms with Gasteiger partial charge in [0, 0.05) is 17.8 Å². The average Bonchev–Trinajstić information content (AvgIpc) is 2.15. The maximum absolute atomic E-state index is 12.3. The van der Waals surface area contributed by atoms with Crippen molar-refractivity contribution in [2.75, 3.05) is 11.9 Å². The van der Waals surface area contributed by atoms with Crippen LogP contribution in [-0.4, -0.2) is 17.8 Å². The van der Waals surface area contributed by atoms with Gasteiger partial charge in [0.25, 0.3) is 6.43 Å². The minimum Gasteiger partial charge on any atom is -0.392 e. The zero-order chi connectivity index (χ0) is 10.6. The molecule has 0 aromatic heterocycles. The molecule has 0 aliphatic rings. The number of benzene rings is 1. The van der Waals surface area contributed by atoms with Crippen LogP contribution >= 0.6 is 0 Å². The van der Waals surface area contributed by atoms with E-state index in [1.165, 1.54) is 12.1 Å². The molecule has 0 amide bonds. The molecular weight excluding hydrogens is 188 g/mol. The zero-order valence-corrected chi connectivity index (χ0v) is 7.87. The van der Waals surface area contributed by atoms with Gasteiger partial charge >= 0.3 is 0 Å². The molecule has 78 valence electrons. The Balaban J connectivity index is 2.64. The zero-order valence-electron chi connectivity index (χ0n) is 7.87.